The Kier molecular flexibility index (Phi) is 5.25. The summed E-state index contributed by atoms with van der Waals surface area (Å²) in [7, 11) is 0. The van der Waals surface area contributed by atoms with Crippen molar-refractivity contribution in [3.63, 3.8) is 0 Å². The highest BCUT2D eigenvalue weighted by Crippen LogP contribution is 2.34. The molecule has 0 saturated heterocycles. The van der Waals surface area contributed by atoms with Crippen LogP contribution in [0.2, 0.25) is 0 Å². The van der Waals surface area contributed by atoms with E-state index >= 15 is 0 Å². The summed E-state index contributed by atoms with van der Waals surface area (Å²) in [6.07, 6.45) is -4.98. The van der Waals surface area contributed by atoms with Gasteiger partial charge in [-0.2, -0.15) is 0 Å². The molecule has 0 bridgehead atoms. The molecule has 0 saturated carbocycles. The van der Waals surface area contributed by atoms with Crippen molar-refractivity contribution in [1.82, 2.24) is 0 Å². The molecule has 21 heavy (non-hydrogen) atoms. The van der Waals surface area contributed by atoms with Gasteiger partial charge in [-0.25, -0.2) is 0 Å². The van der Waals surface area contributed by atoms with Crippen molar-refractivity contribution in [2.45, 2.75) is 52.3 Å². The van der Waals surface area contributed by atoms with Gasteiger partial charge in [0.2, 0.25) is 0 Å². The number of carbonyl (C=O) groups is 1. The van der Waals surface area contributed by atoms with Gasteiger partial charge in [0.15, 0.2) is 0 Å². The van der Waals surface area contributed by atoms with Crippen LogP contribution in [-0.4, -0.2) is 17.4 Å². The highest BCUT2D eigenvalue weighted by atomic mass is 19.4. The van der Waals surface area contributed by atoms with Crippen LogP contribution in [0.25, 0.3) is 0 Å². The first kappa shape index (κ1) is 17.3. The zero-order valence-electron chi connectivity index (χ0n) is 12.4. The number of hydrogen-bond acceptors (Lipinski definition) is 2. The molecule has 1 aromatic carbocycles. The van der Waals surface area contributed by atoms with E-state index < -0.39 is 12.3 Å². The lowest BCUT2D eigenvalue weighted by Crippen LogP contribution is -2.18. The van der Waals surface area contributed by atoms with Crippen molar-refractivity contribution in [2.75, 3.05) is 0 Å². The van der Waals surface area contributed by atoms with E-state index in [9.17, 15) is 18.0 Å². The largest absolute Gasteiger partial charge is 0.573 e. The minimum atomic E-state index is -4.77. The van der Waals surface area contributed by atoms with Gasteiger partial charge >= 0.3 is 12.3 Å². The molecule has 0 fully saturated rings. The third kappa shape index (κ3) is 4.95. The van der Waals surface area contributed by atoms with E-state index in [2.05, 4.69) is 4.74 Å². The summed E-state index contributed by atoms with van der Waals surface area (Å²) in [6.45, 7) is 7.23. The van der Waals surface area contributed by atoms with Crippen LogP contribution >= 0.6 is 0 Å². The Hall–Kier alpha value is -1.72. The average Bonchev–Trinajstić information content (AvgIpc) is 2.27. The van der Waals surface area contributed by atoms with Crippen LogP contribution in [0.15, 0.2) is 12.1 Å². The summed E-state index contributed by atoms with van der Waals surface area (Å²) in [5.41, 5.74) is 1.72. The molecule has 3 nitrogen and oxygen atoms in total. The second-order valence-corrected chi connectivity index (χ2v) is 5.51. The molecule has 1 rings (SSSR count). The van der Waals surface area contributed by atoms with Crippen LogP contribution < -0.4 is 4.74 Å². The fraction of sp³-hybridized carbons (Fsp3) is 0.533. The lowest BCUT2D eigenvalue weighted by Gasteiger charge is -2.21. The molecule has 0 heterocycles. The Morgan fingerprint density at radius 1 is 1.14 bits per heavy atom. The molecule has 0 aliphatic carbocycles. The molecule has 1 N–H and O–H groups in total. The molecular formula is C15H19F3O3. The van der Waals surface area contributed by atoms with Gasteiger partial charge in [0.05, 0.1) is 6.42 Å². The third-order valence-electron chi connectivity index (χ3n) is 3.10. The van der Waals surface area contributed by atoms with Crippen molar-refractivity contribution in [3.8, 4) is 5.75 Å². The Bertz CT molecular complexity index is 490. The van der Waals surface area contributed by atoms with Crippen molar-refractivity contribution in [2.24, 2.45) is 0 Å². The van der Waals surface area contributed by atoms with Crippen molar-refractivity contribution < 1.29 is 27.8 Å². The molecular weight excluding hydrogens is 285 g/mol. The molecule has 0 unspecified atom stereocenters. The second-order valence-electron chi connectivity index (χ2n) is 5.51. The van der Waals surface area contributed by atoms with Gasteiger partial charge in [0.25, 0.3) is 0 Å². The van der Waals surface area contributed by atoms with Crippen molar-refractivity contribution in [3.05, 3.63) is 28.8 Å². The smallest absolute Gasteiger partial charge is 0.481 e. The molecule has 0 aliphatic rings. The molecule has 0 aliphatic heterocycles. The normalized spacial score (nSPS) is 12.0. The molecule has 0 aromatic heterocycles. The van der Waals surface area contributed by atoms with E-state index in [1.165, 1.54) is 12.1 Å². The Morgan fingerprint density at radius 2 is 1.57 bits per heavy atom. The highest BCUT2D eigenvalue weighted by molar-refractivity contribution is 5.72. The van der Waals surface area contributed by atoms with Crippen molar-refractivity contribution in [1.29, 1.82) is 0 Å². The minimum absolute atomic E-state index is 0.103. The van der Waals surface area contributed by atoms with E-state index in [1.54, 1.807) is 0 Å². The number of carboxylic acids is 1. The van der Waals surface area contributed by atoms with Crippen LogP contribution in [0.3, 0.4) is 0 Å². The fourth-order valence-electron chi connectivity index (χ4n) is 2.27. The molecule has 0 atom stereocenters. The predicted molar refractivity (Wildman–Crippen MR) is 72.6 cm³/mol. The summed E-state index contributed by atoms with van der Waals surface area (Å²) in [4.78, 5) is 11.0. The number of alkyl halides is 3. The molecule has 1 aromatic rings. The Balaban J connectivity index is 3.44. The number of hydrogen-bond donors (Lipinski definition) is 1. The summed E-state index contributed by atoms with van der Waals surface area (Å²) in [6, 6.07) is 2.56. The molecule has 0 spiro atoms. The van der Waals surface area contributed by atoms with Gasteiger partial charge in [-0.1, -0.05) is 27.7 Å². The summed E-state index contributed by atoms with van der Waals surface area (Å²) >= 11 is 0. The second kappa shape index (κ2) is 6.37. The standard InChI is InChI=1S/C15H19F3O3/c1-8(2)11-5-10(21-15(16,17)18)6-12(9(3)4)13(11)7-14(19)20/h5-6,8-9H,7H2,1-4H3,(H,19,20). The first-order valence-corrected chi connectivity index (χ1v) is 6.65. The highest BCUT2D eigenvalue weighted by Gasteiger charge is 2.32. The maximum atomic E-state index is 12.4. The lowest BCUT2D eigenvalue weighted by atomic mass is 9.87. The summed E-state index contributed by atoms with van der Waals surface area (Å²) in [5.74, 6) is -1.52. The van der Waals surface area contributed by atoms with Crippen LogP contribution in [0.5, 0.6) is 5.75 Å². The number of aliphatic carboxylic acids is 1. The topological polar surface area (TPSA) is 46.5 Å². The van der Waals surface area contributed by atoms with Gasteiger partial charge in [-0.05, 0) is 40.7 Å². The van der Waals surface area contributed by atoms with Gasteiger partial charge in [0, 0.05) is 0 Å². The molecule has 118 valence electrons. The Morgan fingerprint density at radius 3 is 1.86 bits per heavy atom. The van der Waals surface area contributed by atoms with Gasteiger partial charge in [-0.15, -0.1) is 13.2 Å². The number of benzene rings is 1. The van der Waals surface area contributed by atoms with Gasteiger partial charge in [-0.3, -0.25) is 4.79 Å². The maximum absolute atomic E-state index is 12.4. The van der Waals surface area contributed by atoms with E-state index in [0.717, 1.165) is 0 Å². The third-order valence-corrected chi connectivity index (χ3v) is 3.10. The summed E-state index contributed by atoms with van der Waals surface area (Å²) in [5, 5.41) is 9.02. The van der Waals surface area contributed by atoms with Gasteiger partial charge < -0.3 is 9.84 Å². The zero-order chi connectivity index (χ0) is 16.4. The SMILES string of the molecule is CC(C)c1cc(OC(F)(F)F)cc(C(C)C)c1CC(=O)O. The quantitative estimate of drug-likeness (QED) is 0.873. The predicted octanol–water partition coefficient (Wildman–Crippen LogP) is 4.46. The Labute approximate surface area is 121 Å². The van der Waals surface area contributed by atoms with E-state index in [4.69, 9.17) is 5.11 Å². The zero-order valence-corrected chi connectivity index (χ0v) is 12.4. The molecule has 0 amide bonds. The van der Waals surface area contributed by atoms with Crippen LogP contribution in [-0.2, 0) is 11.2 Å². The maximum Gasteiger partial charge on any atom is 0.573 e. The number of halogens is 3. The number of ether oxygens (including phenoxy) is 1. The average molecular weight is 304 g/mol. The number of carboxylic acid groups (broad SMARTS) is 1. The van der Waals surface area contributed by atoms with Gasteiger partial charge in [0.1, 0.15) is 5.75 Å². The monoisotopic (exact) mass is 304 g/mol. The minimum Gasteiger partial charge on any atom is -0.481 e. The number of rotatable bonds is 5. The molecule has 6 heteroatoms. The van der Waals surface area contributed by atoms with Crippen molar-refractivity contribution >= 4 is 5.97 Å². The fourth-order valence-corrected chi connectivity index (χ4v) is 2.27. The van der Waals surface area contributed by atoms with Crippen LogP contribution in [0.4, 0.5) is 13.2 Å². The lowest BCUT2D eigenvalue weighted by molar-refractivity contribution is -0.274. The van der Waals surface area contributed by atoms with E-state index in [0.29, 0.717) is 16.7 Å². The first-order chi connectivity index (χ1) is 9.51. The van der Waals surface area contributed by atoms with E-state index in [-0.39, 0.29) is 24.0 Å². The van der Waals surface area contributed by atoms with Crippen LogP contribution in [0.1, 0.15) is 56.2 Å². The van der Waals surface area contributed by atoms with E-state index in [1.807, 2.05) is 27.7 Å². The van der Waals surface area contributed by atoms with Crippen LogP contribution in [0, 0.1) is 0 Å². The first-order valence-electron chi connectivity index (χ1n) is 6.65. The molecule has 0 radical (unpaired) electrons. The summed E-state index contributed by atoms with van der Waals surface area (Å²) < 4.78 is 41.2.